The minimum absolute atomic E-state index is 0.00907. The number of carbonyl (C=O) groups excluding carboxylic acids is 1. The number of nitrogens with two attached hydrogens (primary N) is 1. The maximum absolute atomic E-state index is 11.2. The van der Waals surface area contributed by atoms with Gasteiger partial charge in [-0.15, -0.1) is 0 Å². The van der Waals surface area contributed by atoms with Gasteiger partial charge in [-0.3, -0.25) is 14.9 Å². The maximum Gasteiger partial charge on any atom is 0.321 e. The Bertz CT molecular complexity index is 428. The molecule has 0 atom stereocenters. The Morgan fingerprint density at radius 3 is 2.53 bits per heavy atom. The van der Waals surface area contributed by atoms with Crippen molar-refractivity contribution in [1.29, 1.82) is 0 Å². The van der Waals surface area contributed by atoms with Crippen molar-refractivity contribution in [1.82, 2.24) is 0 Å². The molecule has 0 spiro atoms. The van der Waals surface area contributed by atoms with Gasteiger partial charge in [-0.05, 0) is 13.0 Å². The normalized spacial score (nSPS) is 9.73. The van der Waals surface area contributed by atoms with Gasteiger partial charge in [-0.2, -0.15) is 0 Å². The summed E-state index contributed by atoms with van der Waals surface area (Å²) in [6, 6.07) is 2.58. The first-order valence-electron chi connectivity index (χ1n) is 4.10. The van der Waals surface area contributed by atoms with Crippen LogP contribution in [-0.2, 0) is 0 Å². The van der Waals surface area contributed by atoms with Crippen LogP contribution in [0, 0.1) is 10.1 Å². The zero-order valence-corrected chi connectivity index (χ0v) is 8.31. The van der Waals surface area contributed by atoms with Gasteiger partial charge in [0.2, 0.25) is 0 Å². The highest BCUT2D eigenvalue weighted by atomic mass is 16.6. The first-order valence-corrected chi connectivity index (χ1v) is 4.10. The number of benzene rings is 1. The second-order valence-electron chi connectivity index (χ2n) is 2.93. The lowest BCUT2D eigenvalue weighted by atomic mass is 10.1. The van der Waals surface area contributed by atoms with Gasteiger partial charge in [-0.1, -0.05) is 0 Å². The monoisotopic (exact) mass is 210 g/mol. The van der Waals surface area contributed by atoms with Crippen LogP contribution in [-0.4, -0.2) is 17.8 Å². The smallest absolute Gasteiger partial charge is 0.321 e. The third-order valence-electron chi connectivity index (χ3n) is 1.88. The lowest BCUT2D eigenvalue weighted by molar-refractivity contribution is -0.386. The van der Waals surface area contributed by atoms with Gasteiger partial charge in [0.15, 0.2) is 11.5 Å². The van der Waals surface area contributed by atoms with Crippen LogP contribution in [0.2, 0.25) is 0 Å². The van der Waals surface area contributed by atoms with Crippen molar-refractivity contribution in [2.24, 2.45) is 0 Å². The van der Waals surface area contributed by atoms with Gasteiger partial charge in [0, 0.05) is 11.8 Å². The second-order valence-corrected chi connectivity index (χ2v) is 2.93. The zero-order chi connectivity index (χ0) is 11.6. The number of anilines is 1. The minimum atomic E-state index is -0.658. The Kier molecular flexibility index (Phi) is 2.89. The van der Waals surface area contributed by atoms with Crippen molar-refractivity contribution in [2.45, 2.75) is 6.92 Å². The Morgan fingerprint density at radius 2 is 2.13 bits per heavy atom. The third kappa shape index (κ3) is 2.04. The fraction of sp³-hybridized carbons (Fsp3) is 0.222. The largest absolute Gasteiger partial charge is 0.490 e. The third-order valence-corrected chi connectivity index (χ3v) is 1.88. The van der Waals surface area contributed by atoms with E-state index < -0.39 is 10.7 Å². The van der Waals surface area contributed by atoms with Crippen molar-refractivity contribution < 1.29 is 14.5 Å². The SMILES string of the molecule is COc1cc(N)cc(C(C)=O)c1[N+](=O)[O-]. The number of Topliss-reactive ketones (excluding diaryl/α,β-unsaturated/α-hetero) is 1. The molecule has 1 rings (SSSR count). The summed E-state index contributed by atoms with van der Waals surface area (Å²) in [7, 11) is 1.28. The highest BCUT2D eigenvalue weighted by molar-refractivity contribution is 6.00. The first kappa shape index (κ1) is 11.0. The molecule has 0 bridgehead atoms. The predicted molar refractivity (Wildman–Crippen MR) is 54.1 cm³/mol. The highest BCUT2D eigenvalue weighted by Crippen LogP contribution is 2.33. The number of hydrogen-bond donors (Lipinski definition) is 1. The molecule has 0 aliphatic rings. The standard InChI is InChI=1S/C9H10N2O4/c1-5(12)7-3-6(10)4-8(15-2)9(7)11(13)14/h3-4H,10H2,1-2H3. The van der Waals surface area contributed by atoms with E-state index in [0.717, 1.165) is 0 Å². The lowest BCUT2D eigenvalue weighted by Gasteiger charge is -2.06. The molecule has 80 valence electrons. The summed E-state index contributed by atoms with van der Waals surface area (Å²) < 4.78 is 4.80. The number of carbonyl (C=O) groups is 1. The summed E-state index contributed by atoms with van der Waals surface area (Å²) in [6.07, 6.45) is 0. The molecular weight excluding hydrogens is 200 g/mol. The molecule has 0 aromatic heterocycles. The van der Waals surface area contributed by atoms with E-state index in [1.807, 2.05) is 0 Å². The van der Waals surface area contributed by atoms with Crippen molar-refractivity contribution in [2.75, 3.05) is 12.8 Å². The van der Waals surface area contributed by atoms with Crippen molar-refractivity contribution in [3.05, 3.63) is 27.8 Å². The van der Waals surface area contributed by atoms with Gasteiger partial charge < -0.3 is 10.5 Å². The number of ketones is 1. The molecule has 0 amide bonds. The summed E-state index contributed by atoms with van der Waals surface area (Å²) in [5.74, 6) is -0.433. The quantitative estimate of drug-likeness (QED) is 0.352. The summed E-state index contributed by atoms with van der Waals surface area (Å²) >= 11 is 0. The Labute approximate surface area is 85.8 Å². The first-order chi connectivity index (χ1) is 6.97. The summed E-state index contributed by atoms with van der Waals surface area (Å²) in [5, 5.41) is 10.7. The van der Waals surface area contributed by atoms with Crippen LogP contribution in [0.15, 0.2) is 12.1 Å². The fourth-order valence-electron chi connectivity index (χ4n) is 1.24. The molecule has 0 aliphatic carbocycles. The number of rotatable bonds is 3. The number of hydrogen-bond acceptors (Lipinski definition) is 5. The molecule has 1 aromatic carbocycles. The van der Waals surface area contributed by atoms with E-state index in [-0.39, 0.29) is 22.7 Å². The maximum atomic E-state index is 11.2. The van der Waals surface area contributed by atoms with Gasteiger partial charge in [-0.25, -0.2) is 0 Å². The van der Waals surface area contributed by atoms with Crippen LogP contribution < -0.4 is 10.5 Å². The van der Waals surface area contributed by atoms with E-state index in [4.69, 9.17) is 10.5 Å². The van der Waals surface area contributed by atoms with Gasteiger partial charge in [0.1, 0.15) is 5.56 Å². The molecule has 0 fully saturated rings. The topological polar surface area (TPSA) is 95.5 Å². The molecule has 6 nitrogen and oxygen atoms in total. The van der Waals surface area contributed by atoms with E-state index in [9.17, 15) is 14.9 Å². The predicted octanol–water partition coefficient (Wildman–Crippen LogP) is 1.39. The molecule has 0 aliphatic heterocycles. The number of nitro benzene ring substituents is 1. The second kappa shape index (κ2) is 3.95. The van der Waals surface area contributed by atoms with Crippen LogP contribution in [0.4, 0.5) is 11.4 Å². The van der Waals surface area contributed by atoms with E-state index in [2.05, 4.69) is 0 Å². The fourth-order valence-corrected chi connectivity index (χ4v) is 1.24. The number of nitrogens with zero attached hydrogens (tertiary/aromatic N) is 1. The van der Waals surface area contributed by atoms with Gasteiger partial charge in [0.05, 0.1) is 12.0 Å². The Balaban J connectivity index is 3.54. The molecule has 0 radical (unpaired) electrons. The molecule has 0 unspecified atom stereocenters. The molecular formula is C9H10N2O4. The average Bonchev–Trinajstić information content (AvgIpc) is 2.15. The zero-order valence-electron chi connectivity index (χ0n) is 8.31. The summed E-state index contributed by atoms with van der Waals surface area (Å²) in [6.45, 7) is 1.24. The minimum Gasteiger partial charge on any atom is -0.490 e. The van der Waals surface area contributed by atoms with Crippen molar-refractivity contribution in [3.8, 4) is 5.75 Å². The molecule has 0 saturated carbocycles. The van der Waals surface area contributed by atoms with Crippen molar-refractivity contribution in [3.63, 3.8) is 0 Å². The molecule has 0 saturated heterocycles. The average molecular weight is 210 g/mol. The molecule has 2 N–H and O–H groups in total. The highest BCUT2D eigenvalue weighted by Gasteiger charge is 2.24. The van der Waals surface area contributed by atoms with E-state index >= 15 is 0 Å². The van der Waals surface area contributed by atoms with E-state index in [1.165, 1.54) is 26.2 Å². The van der Waals surface area contributed by atoms with Crippen LogP contribution in [0.25, 0.3) is 0 Å². The number of methoxy groups -OCH3 is 1. The summed E-state index contributed by atoms with van der Waals surface area (Å²) in [4.78, 5) is 21.3. The van der Waals surface area contributed by atoms with E-state index in [1.54, 1.807) is 0 Å². The van der Waals surface area contributed by atoms with Gasteiger partial charge in [0.25, 0.3) is 0 Å². The van der Waals surface area contributed by atoms with Crippen LogP contribution >= 0.6 is 0 Å². The Morgan fingerprint density at radius 1 is 1.53 bits per heavy atom. The van der Waals surface area contributed by atoms with E-state index in [0.29, 0.717) is 0 Å². The van der Waals surface area contributed by atoms with Crippen LogP contribution in [0.5, 0.6) is 5.75 Å². The molecule has 1 aromatic rings. The van der Waals surface area contributed by atoms with Crippen LogP contribution in [0.1, 0.15) is 17.3 Å². The Hall–Kier alpha value is -2.11. The summed E-state index contributed by atoms with van der Waals surface area (Å²) in [5.41, 5.74) is 5.35. The lowest BCUT2D eigenvalue weighted by Crippen LogP contribution is -2.04. The van der Waals surface area contributed by atoms with Crippen molar-refractivity contribution >= 4 is 17.2 Å². The molecule has 15 heavy (non-hydrogen) atoms. The number of nitro groups is 1. The number of nitrogen functional groups attached to an aromatic ring is 1. The molecule has 6 heteroatoms. The van der Waals surface area contributed by atoms with Crippen LogP contribution in [0.3, 0.4) is 0 Å². The number of ether oxygens (including phenoxy) is 1. The van der Waals surface area contributed by atoms with Gasteiger partial charge >= 0.3 is 5.69 Å². The molecule has 0 heterocycles.